The highest BCUT2D eigenvalue weighted by molar-refractivity contribution is 7.94. The van der Waals surface area contributed by atoms with Gasteiger partial charge in [-0.05, 0) is 42.5 Å². The molecular formula is C18H14Cl2FNO4S. The normalized spacial score (nSPS) is 17.7. The lowest BCUT2D eigenvalue weighted by Gasteiger charge is -2.27. The third-order valence-corrected chi connectivity index (χ3v) is 5.79. The van der Waals surface area contributed by atoms with Crippen LogP contribution < -0.4 is 9.64 Å². The van der Waals surface area contributed by atoms with Crippen molar-refractivity contribution in [2.24, 2.45) is 0 Å². The number of carbonyl (C=O) groups excluding carboxylic acids is 1. The molecule has 0 aromatic heterocycles. The molecule has 2 aromatic rings. The molecule has 0 saturated heterocycles. The predicted molar refractivity (Wildman–Crippen MR) is 103 cm³/mol. The van der Waals surface area contributed by atoms with Gasteiger partial charge in [0.05, 0.1) is 16.8 Å². The van der Waals surface area contributed by atoms with Crippen LogP contribution in [0, 0.1) is 5.82 Å². The monoisotopic (exact) mass is 429 g/mol. The number of nitrogens with zero attached hydrogens (tertiary/aromatic N) is 1. The summed E-state index contributed by atoms with van der Waals surface area (Å²) in [7, 11) is -3.40. The highest BCUT2D eigenvalue weighted by atomic mass is 35.5. The number of benzene rings is 2. The Morgan fingerprint density at radius 3 is 2.52 bits per heavy atom. The number of hydrogen-bond donors (Lipinski definition) is 0. The van der Waals surface area contributed by atoms with Gasteiger partial charge in [-0.3, -0.25) is 4.79 Å². The number of sulfone groups is 1. The molecular weight excluding hydrogens is 416 g/mol. The third-order valence-electron chi connectivity index (χ3n) is 3.86. The Morgan fingerprint density at radius 2 is 1.89 bits per heavy atom. The molecule has 1 heterocycles. The van der Waals surface area contributed by atoms with Crippen molar-refractivity contribution in [2.45, 2.75) is 6.04 Å². The van der Waals surface area contributed by atoms with Gasteiger partial charge in [-0.15, -0.1) is 0 Å². The zero-order valence-electron chi connectivity index (χ0n) is 13.8. The summed E-state index contributed by atoms with van der Waals surface area (Å²) in [6.07, 6.45) is 1.42. The summed E-state index contributed by atoms with van der Waals surface area (Å²) in [5, 5.41) is 1.74. The standard InChI is InChI=1S/C18H14Cl2FNO4S/c19-12-1-6-16(20)17(9-12)26-10-18(23)22(14-4-2-13(21)3-5-14)15-7-8-27(24,25)11-15/h1-9,15H,10-11H2/t15-/m0/s1. The van der Waals surface area contributed by atoms with Gasteiger partial charge in [-0.1, -0.05) is 23.2 Å². The topological polar surface area (TPSA) is 63.7 Å². The van der Waals surface area contributed by atoms with Gasteiger partial charge in [0.15, 0.2) is 16.4 Å². The fraction of sp³-hybridized carbons (Fsp3) is 0.167. The maximum atomic E-state index is 13.2. The number of hydrogen-bond acceptors (Lipinski definition) is 4. The van der Waals surface area contributed by atoms with Crippen LogP contribution in [0.4, 0.5) is 10.1 Å². The second-order valence-electron chi connectivity index (χ2n) is 5.83. The molecule has 0 radical (unpaired) electrons. The summed E-state index contributed by atoms with van der Waals surface area (Å²) in [5.74, 6) is -1.01. The predicted octanol–water partition coefficient (Wildman–Crippen LogP) is 3.86. The second-order valence-corrected chi connectivity index (χ2v) is 8.60. The summed E-state index contributed by atoms with van der Waals surface area (Å²) < 4.78 is 42.2. The minimum Gasteiger partial charge on any atom is -0.482 e. The molecule has 27 heavy (non-hydrogen) atoms. The summed E-state index contributed by atoms with van der Waals surface area (Å²) >= 11 is 11.9. The van der Waals surface area contributed by atoms with Gasteiger partial charge in [0.2, 0.25) is 0 Å². The molecule has 0 unspecified atom stereocenters. The largest absolute Gasteiger partial charge is 0.482 e. The number of carbonyl (C=O) groups is 1. The Balaban J connectivity index is 1.83. The number of amides is 1. The first-order chi connectivity index (χ1) is 12.7. The van der Waals surface area contributed by atoms with E-state index in [-0.39, 0.29) is 16.5 Å². The smallest absolute Gasteiger partial charge is 0.265 e. The van der Waals surface area contributed by atoms with E-state index in [1.165, 1.54) is 47.4 Å². The van der Waals surface area contributed by atoms with Gasteiger partial charge in [0.25, 0.3) is 5.91 Å². The Hall–Kier alpha value is -2.09. The molecule has 1 aliphatic rings. The van der Waals surface area contributed by atoms with E-state index in [1.807, 2.05) is 0 Å². The van der Waals surface area contributed by atoms with Crippen LogP contribution in [-0.2, 0) is 14.6 Å². The fourth-order valence-electron chi connectivity index (χ4n) is 2.64. The molecule has 0 fully saturated rings. The lowest BCUT2D eigenvalue weighted by molar-refractivity contribution is -0.120. The maximum absolute atomic E-state index is 13.2. The molecule has 142 valence electrons. The SMILES string of the molecule is O=C(COc1cc(Cl)ccc1Cl)N(c1ccc(F)cc1)[C@H]1C=CS(=O)(=O)C1. The Kier molecular flexibility index (Phi) is 5.74. The third kappa shape index (κ3) is 4.80. The van der Waals surface area contributed by atoms with Crippen LogP contribution in [0.1, 0.15) is 0 Å². The van der Waals surface area contributed by atoms with Gasteiger partial charge in [-0.2, -0.15) is 0 Å². The van der Waals surface area contributed by atoms with E-state index < -0.39 is 34.2 Å². The molecule has 0 saturated carbocycles. The van der Waals surface area contributed by atoms with Crippen LogP contribution in [-0.4, -0.2) is 32.7 Å². The summed E-state index contributed by atoms with van der Waals surface area (Å²) in [6.45, 7) is -0.401. The van der Waals surface area contributed by atoms with Crippen LogP contribution in [0.15, 0.2) is 53.9 Å². The molecule has 1 amide bonds. The van der Waals surface area contributed by atoms with Crippen LogP contribution in [0.5, 0.6) is 5.75 Å². The second kappa shape index (κ2) is 7.88. The zero-order valence-corrected chi connectivity index (χ0v) is 16.1. The molecule has 0 aliphatic carbocycles. The van der Waals surface area contributed by atoms with Crippen molar-refractivity contribution < 1.29 is 22.3 Å². The summed E-state index contributed by atoms with van der Waals surface area (Å²) in [4.78, 5) is 14.1. The first-order valence-electron chi connectivity index (χ1n) is 7.81. The lowest BCUT2D eigenvalue weighted by atomic mass is 10.2. The summed E-state index contributed by atoms with van der Waals surface area (Å²) in [6, 6.07) is 9.06. The average molecular weight is 430 g/mol. The quantitative estimate of drug-likeness (QED) is 0.723. The molecule has 1 atom stereocenters. The van der Waals surface area contributed by atoms with Crippen LogP contribution in [0.25, 0.3) is 0 Å². The lowest BCUT2D eigenvalue weighted by Crippen LogP contribution is -2.43. The van der Waals surface area contributed by atoms with E-state index in [4.69, 9.17) is 27.9 Å². The molecule has 2 aromatic carbocycles. The average Bonchev–Trinajstić information content (AvgIpc) is 2.97. The number of rotatable bonds is 5. The Labute approximate surface area is 165 Å². The van der Waals surface area contributed by atoms with Crippen molar-refractivity contribution >= 4 is 44.6 Å². The molecule has 0 spiro atoms. The Bertz CT molecular complexity index is 993. The maximum Gasteiger partial charge on any atom is 0.265 e. The van der Waals surface area contributed by atoms with E-state index in [1.54, 1.807) is 6.07 Å². The molecule has 5 nitrogen and oxygen atoms in total. The van der Waals surface area contributed by atoms with Crippen molar-refractivity contribution in [3.05, 3.63) is 69.8 Å². The van der Waals surface area contributed by atoms with E-state index in [9.17, 15) is 17.6 Å². The van der Waals surface area contributed by atoms with Crippen LogP contribution in [0.3, 0.4) is 0 Å². The van der Waals surface area contributed by atoms with Gasteiger partial charge in [0, 0.05) is 22.2 Å². The molecule has 0 bridgehead atoms. The number of ether oxygens (including phenoxy) is 1. The number of anilines is 1. The van der Waals surface area contributed by atoms with Crippen molar-refractivity contribution in [3.8, 4) is 5.75 Å². The zero-order chi connectivity index (χ0) is 19.6. The fourth-order valence-corrected chi connectivity index (χ4v) is 4.24. The van der Waals surface area contributed by atoms with Crippen molar-refractivity contribution in [2.75, 3.05) is 17.3 Å². The minimum absolute atomic E-state index is 0.228. The van der Waals surface area contributed by atoms with Gasteiger partial charge >= 0.3 is 0 Å². The molecule has 0 N–H and O–H groups in total. The van der Waals surface area contributed by atoms with Gasteiger partial charge < -0.3 is 9.64 Å². The molecule has 9 heteroatoms. The molecule has 1 aliphatic heterocycles. The van der Waals surface area contributed by atoms with E-state index in [0.29, 0.717) is 10.7 Å². The van der Waals surface area contributed by atoms with E-state index in [0.717, 1.165) is 5.41 Å². The Morgan fingerprint density at radius 1 is 1.19 bits per heavy atom. The van der Waals surface area contributed by atoms with Gasteiger partial charge in [-0.25, -0.2) is 12.8 Å². The van der Waals surface area contributed by atoms with Crippen LogP contribution >= 0.6 is 23.2 Å². The van der Waals surface area contributed by atoms with E-state index >= 15 is 0 Å². The summed E-state index contributed by atoms with van der Waals surface area (Å²) in [5.41, 5.74) is 0.356. The highest BCUT2D eigenvalue weighted by Crippen LogP contribution is 2.28. The van der Waals surface area contributed by atoms with Crippen LogP contribution in [0.2, 0.25) is 10.0 Å². The van der Waals surface area contributed by atoms with E-state index in [2.05, 4.69) is 0 Å². The first kappa shape index (κ1) is 19.7. The molecule has 3 rings (SSSR count). The van der Waals surface area contributed by atoms with Crippen molar-refractivity contribution in [1.82, 2.24) is 0 Å². The first-order valence-corrected chi connectivity index (χ1v) is 10.3. The van der Waals surface area contributed by atoms with Gasteiger partial charge in [0.1, 0.15) is 11.6 Å². The van der Waals surface area contributed by atoms with Crippen molar-refractivity contribution in [1.29, 1.82) is 0 Å². The van der Waals surface area contributed by atoms with Crippen molar-refractivity contribution in [3.63, 3.8) is 0 Å². The minimum atomic E-state index is -3.40. The highest BCUT2D eigenvalue weighted by Gasteiger charge is 2.31. The number of halogens is 3.